The number of hydrogen-bond acceptors (Lipinski definition) is 4. The maximum absolute atomic E-state index is 14.1. The molecule has 21 heavy (non-hydrogen) atoms. The Balaban J connectivity index is 2.18. The van der Waals surface area contributed by atoms with Crippen LogP contribution in [0.3, 0.4) is 0 Å². The van der Waals surface area contributed by atoms with Crippen molar-refractivity contribution in [1.82, 2.24) is 0 Å². The molecule has 0 spiro atoms. The van der Waals surface area contributed by atoms with Gasteiger partial charge in [-0.2, -0.15) is 0 Å². The second kappa shape index (κ2) is 6.71. The summed E-state index contributed by atoms with van der Waals surface area (Å²) in [4.78, 5) is 1.66. The van der Waals surface area contributed by atoms with Crippen LogP contribution in [0.5, 0.6) is 0 Å². The molecule has 2 rings (SSSR count). The highest BCUT2D eigenvalue weighted by Gasteiger charge is 2.24. The fraction of sp³-hybridized carbons (Fsp3) is 0.500. The Hall–Kier alpha value is -1.89. The topological polar surface area (TPSA) is 71.1 Å². The maximum Gasteiger partial charge on any atom is 0.170 e. The number of benzene rings is 1. The lowest BCUT2D eigenvalue weighted by Gasteiger charge is -2.33. The van der Waals surface area contributed by atoms with Crippen molar-refractivity contribution in [3.05, 3.63) is 29.3 Å². The van der Waals surface area contributed by atoms with Gasteiger partial charge in [-0.25, -0.2) is 8.78 Å². The van der Waals surface area contributed by atoms with Crippen LogP contribution in [0.15, 0.2) is 17.3 Å². The van der Waals surface area contributed by atoms with E-state index in [-0.39, 0.29) is 23.2 Å². The van der Waals surface area contributed by atoms with E-state index in [0.29, 0.717) is 19.7 Å². The van der Waals surface area contributed by atoms with Crippen LogP contribution < -0.4 is 10.6 Å². The summed E-state index contributed by atoms with van der Waals surface area (Å²) >= 11 is 0. The molecule has 1 aromatic carbocycles. The summed E-state index contributed by atoms with van der Waals surface area (Å²) in [5.41, 5.74) is 5.29. The van der Waals surface area contributed by atoms with Gasteiger partial charge >= 0.3 is 0 Å². The summed E-state index contributed by atoms with van der Waals surface area (Å²) in [6, 6.07) is 2.14. The molecule has 7 heteroatoms. The van der Waals surface area contributed by atoms with Crippen molar-refractivity contribution in [1.29, 1.82) is 0 Å². The van der Waals surface area contributed by atoms with Crippen LogP contribution >= 0.6 is 0 Å². The number of rotatable bonds is 4. The van der Waals surface area contributed by atoms with Crippen molar-refractivity contribution in [3.8, 4) is 0 Å². The van der Waals surface area contributed by atoms with E-state index in [2.05, 4.69) is 5.16 Å². The van der Waals surface area contributed by atoms with Gasteiger partial charge in [0.15, 0.2) is 5.84 Å². The van der Waals surface area contributed by atoms with Crippen LogP contribution in [-0.2, 0) is 4.74 Å². The van der Waals surface area contributed by atoms with Crippen molar-refractivity contribution in [2.45, 2.75) is 25.9 Å². The maximum atomic E-state index is 14.1. The number of anilines is 1. The fourth-order valence-corrected chi connectivity index (χ4v) is 2.56. The molecule has 5 nitrogen and oxygen atoms in total. The number of hydrogen-bond donors (Lipinski definition) is 2. The van der Waals surface area contributed by atoms with E-state index in [1.165, 1.54) is 0 Å². The van der Waals surface area contributed by atoms with Crippen LogP contribution in [0, 0.1) is 11.6 Å². The van der Waals surface area contributed by atoms with Gasteiger partial charge in [0.25, 0.3) is 0 Å². The molecule has 3 N–H and O–H groups in total. The number of ether oxygens (including phenoxy) is 1. The minimum Gasteiger partial charge on any atom is -0.409 e. The Kier molecular flexibility index (Phi) is 4.95. The normalized spacial score (nSPS) is 17.3. The third kappa shape index (κ3) is 3.41. The molecule has 1 heterocycles. The van der Waals surface area contributed by atoms with E-state index in [0.717, 1.165) is 25.0 Å². The quantitative estimate of drug-likeness (QED) is 0.386. The van der Waals surface area contributed by atoms with Crippen LogP contribution in [0.4, 0.5) is 14.5 Å². The van der Waals surface area contributed by atoms with E-state index in [9.17, 15) is 8.78 Å². The van der Waals surface area contributed by atoms with Crippen molar-refractivity contribution >= 4 is 11.5 Å². The highest BCUT2D eigenvalue weighted by molar-refractivity contribution is 5.97. The molecule has 0 atom stereocenters. The number of oxime groups is 1. The molecule has 0 radical (unpaired) electrons. The summed E-state index contributed by atoms with van der Waals surface area (Å²) in [5.74, 6) is -1.76. The highest BCUT2D eigenvalue weighted by Crippen LogP contribution is 2.28. The molecule has 0 aromatic heterocycles. The molecule has 1 saturated heterocycles. The molecule has 116 valence electrons. The van der Waals surface area contributed by atoms with Gasteiger partial charge in [-0.3, -0.25) is 0 Å². The summed E-state index contributed by atoms with van der Waals surface area (Å²) in [5, 5.41) is 11.3. The summed E-state index contributed by atoms with van der Waals surface area (Å²) in [6.07, 6.45) is 1.61. The standard InChI is InChI=1S/C14H19F2N3O2/c1-2-21-10-3-5-19(6-4-10)13-11(15)7-9(8-12(13)16)14(17)18-20/h7-8,10,20H,2-6H2,1H3,(H2,17,18). The molecular formula is C14H19F2N3O2. The summed E-state index contributed by atoms with van der Waals surface area (Å²) in [6.45, 7) is 3.63. The minimum absolute atomic E-state index is 0.0143. The molecule has 0 saturated carbocycles. The van der Waals surface area contributed by atoms with E-state index in [4.69, 9.17) is 15.7 Å². The zero-order valence-corrected chi connectivity index (χ0v) is 11.9. The average Bonchev–Trinajstić information content (AvgIpc) is 2.47. The van der Waals surface area contributed by atoms with Gasteiger partial charge in [0.2, 0.25) is 0 Å². The van der Waals surface area contributed by atoms with Crippen LogP contribution in [0.25, 0.3) is 0 Å². The van der Waals surface area contributed by atoms with Gasteiger partial charge in [-0.1, -0.05) is 5.16 Å². The zero-order valence-electron chi connectivity index (χ0n) is 11.9. The van der Waals surface area contributed by atoms with Gasteiger partial charge in [0.1, 0.15) is 17.3 Å². The minimum atomic E-state index is -0.716. The van der Waals surface area contributed by atoms with Crippen molar-refractivity contribution in [2.75, 3.05) is 24.6 Å². The van der Waals surface area contributed by atoms with Crippen molar-refractivity contribution in [2.24, 2.45) is 10.9 Å². The Bertz CT molecular complexity index is 506. The number of nitrogens with two attached hydrogens (primary N) is 1. The van der Waals surface area contributed by atoms with Gasteiger partial charge in [-0.15, -0.1) is 0 Å². The lowest BCUT2D eigenvalue weighted by atomic mass is 10.1. The largest absolute Gasteiger partial charge is 0.409 e. The van der Waals surface area contributed by atoms with E-state index in [1.807, 2.05) is 6.92 Å². The number of amidine groups is 1. The number of nitrogens with zero attached hydrogens (tertiary/aromatic N) is 2. The van der Waals surface area contributed by atoms with Crippen LogP contribution in [0.2, 0.25) is 0 Å². The summed E-state index contributed by atoms with van der Waals surface area (Å²) in [7, 11) is 0. The lowest BCUT2D eigenvalue weighted by molar-refractivity contribution is 0.0457. The third-order valence-corrected chi connectivity index (χ3v) is 3.58. The second-order valence-corrected chi connectivity index (χ2v) is 4.92. The van der Waals surface area contributed by atoms with Gasteiger partial charge in [0.05, 0.1) is 6.10 Å². The first kappa shape index (κ1) is 15.5. The SMILES string of the molecule is CCOC1CCN(c2c(F)cc(C(N)=NO)cc2F)CC1. The van der Waals surface area contributed by atoms with Crippen LogP contribution in [-0.4, -0.2) is 36.8 Å². The molecule has 1 aliphatic heterocycles. The second-order valence-electron chi connectivity index (χ2n) is 4.92. The first-order valence-electron chi connectivity index (χ1n) is 6.90. The number of halogens is 2. The predicted molar refractivity (Wildman–Crippen MR) is 75.7 cm³/mol. The Morgan fingerprint density at radius 2 is 1.95 bits per heavy atom. The molecule has 1 fully saturated rings. The first-order chi connectivity index (χ1) is 10.1. The van der Waals surface area contributed by atoms with Gasteiger partial charge in [0, 0.05) is 25.3 Å². The zero-order chi connectivity index (χ0) is 15.4. The third-order valence-electron chi connectivity index (χ3n) is 3.58. The highest BCUT2D eigenvalue weighted by atomic mass is 19.1. The Morgan fingerprint density at radius 3 is 2.43 bits per heavy atom. The van der Waals surface area contributed by atoms with E-state index in [1.54, 1.807) is 4.90 Å². The lowest BCUT2D eigenvalue weighted by Crippen LogP contribution is -2.38. The predicted octanol–water partition coefficient (Wildman–Crippen LogP) is 2.06. The van der Waals surface area contributed by atoms with E-state index < -0.39 is 11.6 Å². The fourth-order valence-electron chi connectivity index (χ4n) is 2.56. The molecule has 1 aromatic rings. The van der Waals surface area contributed by atoms with Crippen molar-refractivity contribution < 1.29 is 18.7 Å². The Morgan fingerprint density at radius 1 is 1.38 bits per heavy atom. The molecule has 0 aliphatic carbocycles. The average molecular weight is 299 g/mol. The first-order valence-corrected chi connectivity index (χ1v) is 6.90. The summed E-state index contributed by atoms with van der Waals surface area (Å²) < 4.78 is 33.8. The molecule has 0 amide bonds. The molecule has 0 bridgehead atoms. The van der Waals surface area contributed by atoms with Crippen LogP contribution in [0.1, 0.15) is 25.3 Å². The molecule has 1 aliphatic rings. The van der Waals surface area contributed by atoms with Gasteiger partial charge < -0.3 is 20.6 Å². The monoisotopic (exact) mass is 299 g/mol. The van der Waals surface area contributed by atoms with Gasteiger partial charge in [-0.05, 0) is 31.9 Å². The molecule has 0 unspecified atom stereocenters. The van der Waals surface area contributed by atoms with Crippen molar-refractivity contribution in [3.63, 3.8) is 0 Å². The smallest absolute Gasteiger partial charge is 0.170 e. The Labute approximate surface area is 122 Å². The molecular weight excluding hydrogens is 280 g/mol. The van der Waals surface area contributed by atoms with E-state index >= 15 is 0 Å². The number of piperidine rings is 1.